The normalized spacial score (nSPS) is 12.6. The molecule has 0 fully saturated rings. The first kappa shape index (κ1) is 23.2. The van der Waals surface area contributed by atoms with Gasteiger partial charge in [0.2, 0.25) is 0 Å². The number of ether oxygens (including phenoxy) is 3. The average molecular weight is 465 g/mol. The number of hydrogen-bond acceptors (Lipinski definition) is 6. The molecule has 3 aromatic rings. The van der Waals surface area contributed by atoms with E-state index in [9.17, 15) is 9.59 Å². The molecule has 0 radical (unpaired) electrons. The topological polar surface area (TPSA) is 94.9 Å². The fourth-order valence-corrected chi connectivity index (χ4v) is 3.94. The van der Waals surface area contributed by atoms with Crippen molar-refractivity contribution in [2.45, 2.75) is 26.8 Å². The van der Waals surface area contributed by atoms with E-state index in [1.807, 2.05) is 49.4 Å². The standard InChI is InChI=1S/C25H28N4O5/c1-4-33-22-9-7-6-8-20(22)26-25(31)28-15-14-21-19(16-28)23(24(30)34-5-2)27-29(21)17-10-12-18(32-3)13-11-17/h6-13H,4-5,14-16H2,1-3H3,(H,26,31). The number of nitrogens with zero attached hydrogens (tertiary/aromatic N) is 3. The maximum absolute atomic E-state index is 13.1. The number of carbonyl (C=O) groups excluding carboxylic acids is 2. The molecule has 1 N–H and O–H groups in total. The molecule has 1 aliphatic rings. The van der Waals surface area contributed by atoms with Gasteiger partial charge in [0.05, 0.1) is 43.9 Å². The zero-order valence-electron chi connectivity index (χ0n) is 19.5. The van der Waals surface area contributed by atoms with Gasteiger partial charge in [0.25, 0.3) is 0 Å². The first-order valence-corrected chi connectivity index (χ1v) is 11.3. The molecule has 1 aromatic heterocycles. The van der Waals surface area contributed by atoms with Crippen LogP contribution in [0.3, 0.4) is 0 Å². The molecule has 2 heterocycles. The van der Waals surface area contributed by atoms with Crippen LogP contribution in [0.15, 0.2) is 48.5 Å². The van der Waals surface area contributed by atoms with Gasteiger partial charge in [-0.05, 0) is 50.2 Å². The Kier molecular flexibility index (Phi) is 7.01. The van der Waals surface area contributed by atoms with Crippen LogP contribution in [-0.4, -0.2) is 53.5 Å². The largest absolute Gasteiger partial charge is 0.497 e. The molecule has 4 rings (SSSR count). The van der Waals surface area contributed by atoms with Crippen molar-refractivity contribution in [3.05, 3.63) is 65.5 Å². The summed E-state index contributed by atoms with van der Waals surface area (Å²) in [6.07, 6.45) is 0.536. The van der Waals surface area contributed by atoms with Crippen LogP contribution in [0, 0.1) is 0 Å². The van der Waals surface area contributed by atoms with Gasteiger partial charge in [0, 0.05) is 18.5 Å². The molecule has 0 spiro atoms. The third-order valence-electron chi connectivity index (χ3n) is 5.56. The van der Waals surface area contributed by atoms with Gasteiger partial charge in [-0.2, -0.15) is 5.10 Å². The minimum atomic E-state index is -0.505. The number of benzene rings is 2. The summed E-state index contributed by atoms with van der Waals surface area (Å²) in [7, 11) is 1.61. The number of amides is 2. The maximum Gasteiger partial charge on any atom is 0.359 e. The number of fused-ring (bicyclic) bond motifs is 1. The van der Waals surface area contributed by atoms with Crippen LogP contribution in [-0.2, 0) is 17.7 Å². The fraction of sp³-hybridized carbons (Fsp3) is 0.320. The quantitative estimate of drug-likeness (QED) is 0.530. The molecule has 178 valence electrons. The highest BCUT2D eigenvalue weighted by atomic mass is 16.5. The van der Waals surface area contributed by atoms with E-state index in [4.69, 9.17) is 14.2 Å². The van der Waals surface area contributed by atoms with Crippen molar-refractivity contribution in [3.63, 3.8) is 0 Å². The second-order valence-electron chi connectivity index (χ2n) is 7.64. The van der Waals surface area contributed by atoms with Gasteiger partial charge in [0.15, 0.2) is 5.69 Å². The predicted molar refractivity (Wildman–Crippen MR) is 127 cm³/mol. The van der Waals surface area contributed by atoms with Gasteiger partial charge in [-0.1, -0.05) is 12.1 Å². The highest BCUT2D eigenvalue weighted by Gasteiger charge is 2.31. The van der Waals surface area contributed by atoms with Crippen LogP contribution in [0.1, 0.15) is 35.6 Å². The predicted octanol–water partition coefficient (Wildman–Crippen LogP) is 4.05. The van der Waals surface area contributed by atoms with Gasteiger partial charge >= 0.3 is 12.0 Å². The summed E-state index contributed by atoms with van der Waals surface area (Å²) in [5.74, 6) is 0.830. The van der Waals surface area contributed by atoms with Crippen LogP contribution in [0.5, 0.6) is 11.5 Å². The number of rotatable bonds is 7. The lowest BCUT2D eigenvalue weighted by atomic mass is 10.0. The molecule has 0 aliphatic carbocycles. The summed E-state index contributed by atoms with van der Waals surface area (Å²) in [4.78, 5) is 27.4. The smallest absolute Gasteiger partial charge is 0.359 e. The third-order valence-corrected chi connectivity index (χ3v) is 5.56. The fourth-order valence-electron chi connectivity index (χ4n) is 3.94. The molecule has 2 amide bonds. The Morgan fingerprint density at radius 1 is 1.06 bits per heavy atom. The minimum absolute atomic E-state index is 0.222. The SMILES string of the molecule is CCOC(=O)c1nn(-c2ccc(OC)cc2)c2c1CN(C(=O)Nc1ccccc1OCC)CC2. The highest BCUT2D eigenvalue weighted by molar-refractivity contribution is 5.92. The summed E-state index contributed by atoms with van der Waals surface area (Å²) in [5, 5.41) is 7.50. The van der Waals surface area contributed by atoms with Crippen LogP contribution in [0.2, 0.25) is 0 Å². The zero-order valence-corrected chi connectivity index (χ0v) is 19.5. The molecule has 2 aromatic carbocycles. The molecule has 0 saturated heterocycles. The number of aromatic nitrogens is 2. The van der Waals surface area contributed by atoms with Crippen molar-refractivity contribution in [1.82, 2.24) is 14.7 Å². The maximum atomic E-state index is 13.1. The van der Waals surface area contributed by atoms with Gasteiger partial charge in [-0.25, -0.2) is 14.3 Å². The number of urea groups is 1. The van der Waals surface area contributed by atoms with Crippen molar-refractivity contribution in [3.8, 4) is 17.2 Å². The third kappa shape index (κ3) is 4.68. The first-order valence-electron chi connectivity index (χ1n) is 11.3. The van der Waals surface area contributed by atoms with Crippen LogP contribution >= 0.6 is 0 Å². The van der Waals surface area contributed by atoms with E-state index >= 15 is 0 Å². The molecule has 0 unspecified atom stereocenters. The Bertz CT molecular complexity index is 1170. The van der Waals surface area contributed by atoms with E-state index in [-0.39, 0.29) is 24.9 Å². The van der Waals surface area contributed by atoms with Crippen LogP contribution < -0.4 is 14.8 Å². The van der Waals surface area contributed by atoms with Gasteiger partial charge in [0.1, 0.15) is 11.5 Å². The lowest BCUT2D eigenvalue weighted by molar-refractivity contribution is 0.0516. The molecular formula is C25H28N4O5. The number of methoxy groups -OCH3 is 1. The minimum Gasteiger partial charge on any atom is -0.497 e. The second kappa shape index (κ2) is 10.3. The summed E-state index contributed by atoms with van der Waals surface area (Å²) in [6.45, 7) is 5.08. The Balaban J connectivity index is 1.62. The van der Waals surface area contributed by atoms with Crippen LogP contribution in [0.25, 0.3) is 5.69 Å². The first-order chi connectivity index (χ1) is 16.5. The number of carbonyl (C=O) groups is 2. The molecule has 9 nitrogen and oxygen atoms in total. The van der Waals surface area contributed by atoms with E-state index in [1.54, 1.807) is 29.7 Å². The van der Waals surface area contributed by atoms with E-state index in [1.165, 1.54) is 0 Å². The van der Waals surface area contributed by atoms with Gasteiger partial charge in [-0.3, -0.25) is 0 Å². The summed E-state index contributed by atoms with van der Waals surface area (Å²) in [6, 6.07) is 14.5. The molecule has 34 heavy (non-hydrogen) atoms. The molecular weight excluding hydrogens is 436 g/mol. The van der Waals surface area contributed by atoms with E-state index in [0.717, 1.165) is 17.1 Å². The molecule has 0 atom stereocenters. The Morgan fingerprint density at radius 2 is 1.82 bits per heavy atom. The second-order valence-corrected chi connectivity index (χ2v) is 7.64. The van der Waals surface area contributed by atoms with E-state index in [2.05, 4.69) is 10.4 Å². The Morgan fingerprint density at radius 3 is 2.53 bits per heavy atom. The van der Waals surface area contributed by atoms with Crippen molar-refractivity contribution in [1.29, 1.82) is 0 Å². The van der Waals surface area contributed by atoms with Crippen molar-refractivity contribution >= 4 is 17.7 Å². The average Bonchev–Trinajstić information content (AvgIpc) is 3.24. The summed E-state index contributed by atoms with van der Waals surface area (Å²) < 4.78 is 17.8. The number of hydrogen-bond donors (Lipinski definition) is 1. The highest BCUT2D eigenvalue weighted by Crippen LogP contribution is 2.29. The Labute approximate surface area is 198 Å². The molecule has 0 saturated carbocycles. The van der Waals surface area contributed by atoms with Gasteiger partial charge < -0.3 is 24.4 Å². The molecule has 0 bridgehead atoms. The van der Waals surface area contributed by atoms with Gasteiger partial charge in [-0.15, -0.1) is 0 Å². The van der Waals surface area contributed by atoms with Crippen molar-refractivity contribution in [2.24, 2.45) is 0 Å². The van der Waals surface area contributed by atoms with Crippen molar-refractivity contribution in [2.75, 3.05) is 32.2 Å². The van der Waals surface area contributed by atoms with E-state index < -0.39 is 5.97 Å². The van der Waals surface area contributed by atoms with E-state index in [0.29, 0.717) is 36.6 Å². The number of esters is 1. The Hall–Kier alpha value is -4.01. The van der Waals surface area contributed by atoms with Crippen LogP contribution in [0.4, 0.5) is 10.5 Å². The zero-order chi connectivity index (χ0) is 24.1. The number of nitrogens with one attached hydrogen (secondary N) is 1. The lowest BCUT2D eigenvalue weighted by Gasteiger charge is -2.28. The molecule has 1 aliphatic heterocycles. The monoisotopic (exact) mass is 464 g/mol. The summed E-state index contributed by atoms with van der Waals surface area (Å²) >= 11 is 0. The molecule has 9 heteroatoms. The van der Waals surface area contributed by atoms with Crippen molar-refractivity contribution < 1.29 is 23.8 Å². The summed E-state index contributed by atoms with van der Waals surface area (Å²) in [5.41, 5.74) is 3.19. The number of para-hydroxylation sites is 2. The lowest BCUT2D eigenvalue weighted by Crippen LogP contribution is -2.39. The number of anilines is 1.